The van der Waals surface area contributed by atoms with E-state index in [9.17, 15) is 14.4 Å². The Morgan fingerprint density at radius 3 is 2.46 bits per heavy atom. The summed E-state index contributed by atoms with van der Waals surface area (Å²) in [5, 5.41) is 0. The van der Waals surface area contributed by atoms with Crippen molar-refractivity contribution >= 4 is 17.7 Å². The number of rotatable bonds is 2. The van der Waals surface area contributed by atoms with Gasteiger partial charge in [-0.1, -0.05) is 13.8 Å². The van der Waals surface area contributed by atoms with E-state index in [4.69, 9.17) is 9.47 Å². The normalized spacial score (nSPS) is 47.5. The molecule has 0 heterocycles. The number of esters is 2. The number of ether oxygens (including phenoxy) is 2. The molecule has 0 radical (unpaired) electrons. The Labute approximate surface area is 167 Å². The van der Waals surface area contributed by atoms with Gasteiger partial charge in [0, 0.05) is 18.8 Å². The highest BCUT2D eigenvalue weighted by Crippen LogP contribution is 2.66. The lowest BCUT2D eigenvalue weighted by molar-refractivity contribution is -0.171. The molecule has 156 valence electrons. The second-order valence-corrected chi connectivity index (χ2v) is 10.2. The van der Waals surface area contributed by atoms with E-state index in [1.807, 2.05) is 6.92 Å². The van der Waals surface area contributed by atoms with Gasteiger partial charge in [0.05, 0.1) is 13.0 Å². The molecule has 0 amide bonds. The van der Waals surface area contributed by atoms with E-state index in [1.54, 1.807) is 0 Å². The fourth-order valence-corrected chi connectivity index (χ4v) is 7.80. The number of ketones is 1. The molecule has 8 atom stereocenters. The molecule has 0 bridgehead atoms. The van der Waals surface area contributed by atoms with Crippen molar-refractivity contribution in [1.82, 2.24) is 0 Å². The van der Waals surface area contributed by atoms with Gasteiger partial charge in [0.15, 0.2) is 0 Å². The molecule has 0 aromatic carbocycles. The molecule has 4 fully saturated rings. The van der Waals surface area contributed by atoms with Crippen molar-refractivity contribution in [3.63, 3.8) is 0 Å². The lowest BCUT2D eigenvalue weighted by atomic mass is 9.44. The summed E-state index contributed by atoms with van der Waals surface area (Å²) in [6.45, 7) is 5.90. The van der Waals surface area contributed by atoms with Gasteiger partial charge in [0.25, 0.3) is 0 Å². The SMILES string of the molecule is COC(=O)[C@H]1CC[C@H]2[C@@H]3CC[C@@H]4C[C@H](OC(C)=O)CC[C@]4(C)[C@H]3CC(=O)[C@]12C. The fraction of sp³-hybridized carbons (Fsp3) is 0.870. The molecule has 0 aromatic heterocycles. The highest BCUT2D eigenvalue weighted by atomic mass is 16.5. The van der Waals surface area contributed by atoms with Gasteiger partial charge in [0.1, 0.15) is 11.9 Å². The summed E-state index contributed by atoms with van der Waals surface area (Å²) in [6, 6.07) is 0. The van der Waals surface area contributed by atoms with Gasteiger partial charge in [-0.05, 0) is 74.0 Å². The minimum atomic E-state index is -0.549. The molecule has 4 aliphatic rings. The van der Waals surface area contributed by atoms with Crippen molar-refractivity contribution in [2.24, 2.45) is 40.4 Å². The predicted molar refractivity (Wildman–Crippen MR) is 103 cm³/mol. The lowest BCUT2D eigenvalue weighted by Gasteiger charge is -2.60. The first-order valence-corrected chi connectivity index (χ1v) is 11.0. The van der Waals surface area contributed by atoms with Crippen LogP contribution in [-0.2, 0) is 23.9 Å². The van der Waals surface area contributed by atoms with Crippen LogP contribution in [0.5, 0.6) is 0 Å². The topological polar surface area (TPSA) is 69.7 Å². The van der Waals surface area contributed by atoms with Crippen LogP contribution in [0.15, 0.2) is 0 Å². The Bertz CT molecular complexity index is 686. The van der Waals surface area contributed by atoms with E-state index in [0.717, 1.165) is 44.9 Å². The van der Waals surface area contributed by atoms with Crippen LogP contribution in [0.2, 0.25) is 0 Å². The number of carbonyl (C=O) groups is 3. The molecular formula is C23H34O5. The third kappa shape index (κ3) is 2.75. The molecule has 0 unspecified atom stereocenters. The summed E-state index contributed by atoms with van der Waals surface area (Å²) in [7, 11) is 1.43. The third-order valence-corrected chi connectivity index (χ3v) is 9.30. The van der Waals surface area contributed by atoms with Gasteiger partial charge < -0.3 is 9.47 Å². The molecule has 4 aliphatic carbocycles. The van der Waals surface area contributed by atoms with E-state index in [1.165, 1.54) is 14.0 Å². The van der Waals surface area contributed by atoms with Crippen LogP contribution in [0, 0.1) is 40.4 Å². The average molecular weight is 391 g/mol. The number of methoxy groups -OCH3 is 1. The molecule has 0 aromatic rings. The van der Waals surface area contributed by atoms with E-state index >= 15 is 0 Å². The van der Waals surface area contributed by atoms with Crippen LogP contribution >= 0.6 is 0 Å². The minimum absolute atomic E-state index is 0.0341. The highest BCUT2D eigenvalue weighted by Gasteiger charge is 2.65. The molecular weight excluding hydrogens is 356 g/mol. The van der Waals surface area contributed by atoms with Crippen molar-refractivity contribution in [2.75, 3.05) is 7.11 Å². The zero-order chi connectivity index (χ0) is 20.3. The predicted octanol–water partition coefficient (Wildman–Crippen LogP) is 3.93. The maximum atomic E-state index is 13.4. The van der Waals surface area contributed by atoms with E-state index in [2.05, 4.69) is 6.92 Å². The van der Waals surface area contributed by atoms with E-state index in [0.29, 0.717) is 30.1 Å². The number of carbonyl (C=O) groups excluding carboxylic acids is 3. The molecule has 5 nitrogen and oxygen atoms in total. The zero-order valence-corrected chi connectivity index (χ0v) is 17.7. The van der Waals surface area contributed by atoms with Crippen molar-refractivity contribution in [2.45, 2.75) is 78.2 Å². The average Bonchev–Trinajstić information content (AvgIpc) is 3.01. The van der Waals surface area contributed by atoms with Crippen LogP contribution in [0.25, 0.3) is 0 Å². The summed E-state index contributed by atoms with van der Waals surface area (Å²) in [4.78, 5) is 37.2. The van der Waals surface area contributed by atoms with Gasteiger partial charge in [-0.15, -0.1) is 0 Å². The summed E-state index contributed by atoms with van der Waals surface area (Å²) >= 11 is 0. The third-order valence-electron chi connectivity index (χ3n) is 9.30. The first-order valence-electron chi connectivity index (χ1n) is 11.0. The summed E-state index contributed by atoms with van der Waals surface area (Å²) in [5.74, 6) is 1.32. The second-order valence-electron chi connectivity index (χ2n) is 10.2. The summed E-state index contributed by atoms with van der Waals surface area (Å²) < 4.78 is 10.6. The molecule has 0 saturated heterocycles. The van der Waals surface area contributed by atoms with Crippen molar-refractivity contribution in [3.05, 3.63) is 0 Å². The van der Waals surface area contributed by atoms with Gasteiger partial charge in [-0.2, -0.15) is 0 Å². The molecule has 5 heteroatoms. The zero-order valence-electron chi connectivity index (χ0n) is 17.7. The van der Waals surface area contributed by atoms with Crippen LogP contribution in [-0.4, -0.2) is 30.9 Å². The molecule has 28 heavy (non-hydrogen) atoms. The van der Waals surface area contributed by atoms with Crippen LogP contribution < -0.4 is 0 Å². The highest BCUT2D eigenvalue weighted by molar-refractivity contribution is 5.92. The Morgan fingerprint density at radius 2 is 1.79 bits per heavy atom. The lowest BCUT2D eigenvalue weighted by Crippen LogP contribution is -2.57. The maximum Gasteiger partial charge on any atom is 0.309 e. The number of Topliss-reactive ketones (excluding diaryl/α,β-unsaturated/α-hetero) is 1. The van der Waals surface area contributed by atoms with Crippen molar-refractivity contribution < 1.29 is 23.9 Å². The van der Waals surface area contributed by atoms with Gasteiger partial charge in [-0.25, -0.2) is 0 Å². The Morgan fingerprint density at radius 1 is 1.04 bits per heavy atom. The number of hydrogen-bond acceptors (Lipinski definition) is 5. The standard InChI is InChI=1S/C23H34O5/c1-13(24)28-15-9-10-22(2)14(11-15)5-6-16-17-7-8-18(21(26)27-4)23(17,3)20(25)12-19(16)22/h14-19H,5-12H2,1-4H3/t14-,15-,16+,17+,18-,19+,22+,23+/m1/s1. The maximum absolute atomic E-state index is 13.4. The molecule has 0 spiro atoms. The van der Waals surface area contributed by atoms with Crippen LogP contribution in [0.3, 0.4) is 0 Å². The van der Waals surface area contributed by atoms with E-state index < -0.39 is 5.41 Å². The minimum Gasteiger partial charge on any atom is -0.469 e. The van der Waals surface area contributed by atoms with Crippen LogP contribution in [0.1, 0.15) is 72.1 Å². The Balaban J connectivity index is 1.58. The number of hydrogen-bond donors (Lipinski definition) is 0. The fourth-order valence-electron chi connectivity index (χ4n) is 7.80. The molecule has 4 saturated carbocycles. The Kier molecular flexibility index (Phi) is 4.86. The van der Waals surface area contributed by atoms with Crippen molar-refractivity contribution in [3.8, 4) is 0 Å². The van der Waals surface area contributed by atoms with Crippen LogP contribution in [0.4, 0.5) is 0 Å². The van der Waals surface area contributed by atoms with Gasteiger partial charge in [0.2, 0.25) is 0 Å². The summed E-state index contributed by atoms with van der Waals surface area (Å²) in [6.07, 6.45) is 7.48. The second kappa shape index (κ2) is 6.84. The molecule has 4 rings (SSSR count). The summed E-state index contributed by atoms with van der Waals surface area (Å²) in [5.41, 5.74) is -0.410. The van der Waals surface area contributed by atoms with E-state index in [-0.39, 0.29) is 35.2 Å². The first kappa shape index (κ1) is 19.9. The van der Waals surface area contributed by atoms with Crippen molar-refractivity contribution in [1.29, 1.82) is 0 Å². The first-order chi connectivity index (χ1) is 13.2. The Hall–Kier alpha value is -1.39. The van der Waals surface area contributed by atoms with Gasteiger partial charge in [-0.3, -0.25) is 14.4 Å². The largest absolute Gasteiger partial charge is 0.469 e. The molecule has 0 aliphatic heterocycles. The number of fused-ring (bicyclic) bond motifs is 5. The monoisotopic (exact) mass is 390 g/mol. The molecule has 0 N–H and O–H groups in total. The quantitative estimate of drug-likeness (QED) is 0.668. The smallest absolute Gasteiger partial charge is 0.309 e. The van der Waals surface area contributed by atoms with Gasteiger partial charge >= 0.3 is 11.9 Å².